The van der Waals surface area contributed by atoms with Crippen molar-refractivity contribution in [3.63, 3.8) is 0 Å². The highest BCUT2D eigenvalue weighted by Crippen LogP contribution is 2.38. The minimum Gasteiger partial charge on any atom is -0.391 e. The van der Waals surface area contributed by atoms with E-state index in [2.05, 4.69) is 0 Å². The molecule has 0 radical (unpaired) electrons. The van der Waals surface area contributed by atoms with Crippen LogP contribution in [0.3, 0.4) is 0 Å². The van der Waals surface area contributed by atoms with E-state index in [1.165, 1.54) is 6.92 Å². The number of β-lactam (4-membered cyclic amide) rings is 1. The second-order valence-corrected chi connectivity index (χ2v) is 5.43. The van der Waals surface area contributed by atoms with Crippen molar-refractivity contribution in [1.29, 1.82) is 0 Å². The summed E-state index contributed by atoms with van der Waals surface area (Å²) in [7, 11) is 0. The molecule has 0 unspecified atom stereocenters. The Morgan fingerprint density at radius 2 is 2.11 bits per heavy atom. The summed E-state index contributed by atoms with van der Waals surface area (Å²) in [6, 6.07) is 9.26. The highest BCUT2D eigenvalue weighted by atomic mass is 16.6. The first kappa shape index (κ1) is 12.6. The van der Waals surface area contributed by atoms with E-state index in [0.29, 0.717) is 6.54 Å². The number of nitrogens with zero attached hydrogens (tertiary/aromatic N) is 1. The largest absolute Gasteiger partial charge is 0.391 e. The summed E-state index contributed by atoms with van der Waals surface area (Å²) in [5.74, 6) is -1.59. The molecule has 0 saturated carbocycles. The molecule has 2 fully saturated rings. The summed E-state index contributed by atoms with van der Waals surface area (Å²) < 4.78 is 5.33. The van der Waals surface area contributed by atoms with Gasteiger partial charge in [0.15, 0.2) is 11.9 Å². The number of hydrogen-bond donors (Lipinski definition) is 2. The number of benzene rings is 1. The van der Waals surface area contributed by atoms with Crippen molar-refractivity contribution in [3.05, 3.63) is 35.9 Å². The molecule has 5 nitrogen and oxygen atoms in total. The molecule has 0 spiro atoms. The summed E-state index contributed by atoms with van der Waals surface area (Å²) in [6.07, 6.45) is -1.36. The molecule has 4 atom stereocenters. The number of aliphatic hydroxyl groups is 2. The fourth-order valence-corrected chi connectivity index (χ4v) is 2.86. The third-order valence-corrected chi connectivity index (χ3v) is 3.76. The van der Waals surface area contributed by atoms with Gasteiger partial charge in [-0.2, -0.15) is 0 Å². The molecule has 1 aromatic rings. The average Bonchev–Trinajstić information content (AvgIpc) is 2.36. The molecule has 3 rings (SSSR count). The van der Waals surface area contributed by atoms with Crippen LogP contribution >= 0.6 is 0 Å². The number of aliphatic hydroxyl groups excluding tert-OH is 1. The standard InChI is InChI=1S/C14H17NO4/c1-14(18)7-10(16)11-12(19-14)13(17)15(11)8-9-5-3-2-4-6-9/h2-6,10-12,16,18H,7-8H2,1H3/t10-,11+,12-,14-/m1/s1. The van der Waals surface area contributed by atoms with Gasteiger partial charge in [0.25, 0.3) is 5.91 Å². The first-order valence-electron chi connectivity index (χ1n) is 6.41. The summed E-state index contributed by atoms with van der Waals surface area (Å²) in [5, 5.41) is 19.9. The van der Waals surface area contributed by atoms with Crippen molar-refractivity contribution in [3.8, 4) is 0 Å². The van der Waals surface area contributed by atoms with Crippen molar-refractivity contribution in [1.82, 2.24) is 4.90 Å². The molecule has 0 aliphatic carbocycles. The Labute approximate surface area is 111 Å². The van der Waals surface area contributed by atoms with Crippen LogP contribution < -0.4 is 0 Å². The third-order valence-electron chi connectivity index (χ3n) is 3.76. The van der Waals surface area contributed by atoms with Crippen molar-refractivity contribution in [2.24, 2.45) is 0 Å². The predicted molar refractivity (Wildman–Crippen MR) is 66.9 cm³/mol. The van der Waals surface area contributed by atoms with Gasteiger partial charge in [0, 0.05) is 13.0 Å². The van der Waals surface area contributed by atoms with Gasteiger partial charge in [-0.05, 0) is 12.5 Å². The van der Waals surface area contributed by atoms with E-state index in [4.69, 9.17) is 4.74 Å². The minimum atomic E-state index is -1.42. The van der Waals surface area contributed by atoms with Crippen molar-refractivity contribution in [2.75, 3.05) is 0 Å². The minimum absolute atomic E-state index is 0.118. The van der Waals surface area contributed by atoms with Gasteiger partial charge in [0.1, 0.15) is 0 Å². The molecule has 0 bridgehead atoms. The van der Waals surface area contributed by atoms with Crippen molar-refractivity contribution < 1.29 is 19.7 Å². The number of ether oxygens (including phenoxy) is 1. The van der Waals surface area contributed by atoms with E-state index in [1.807, 2.05) is 30.3 Å². The number of rotatable bonds is 2. The van der Waals surface area contributed by atoms with Crippen LogP contribution in [-0.2, 0) is 16.1 Å². The van der Waals surface area contributed by atoms with Gasteiger partial charge < -0.3 is 19.8 Å². The summed E-state index contributed by atoms with van der Waals surface area (Å²) in [6.45, 7) is 1.93. The number of likely N-dealkylation sites (tertiary alicyclic amines) is 1. The summed E-state index contributed by atoms with van der Waals surface area (Å²) in [5.41, 5.74) is 1.01. The van der Waals surface area contributed by atoms with E-state index >= 15 is 0 Å². The first-order valence-corrected chi connectivity index (χ1v) is 6.41. The number of hydrogen-bond acceptors (Lipinski definition) is 4. The molecule has 2 saturated heterocycles. The molecule has 2 aliphatic rings. The molecular weight excluding hydrogens is 246 g/mol. The normalized spacial score (nSPS) is 37.7. The predicted octanol–water partition coefficient (Wildman–Crippen LogP) is 0.256. The van der Waals surface area contributed by atoms with Gasteiger partial charge in [0.05, 0.1) is 12.1 Å². The molecule has 0 aromatic heterocycles. The zero-order valence-corrected chi connectivity index (χ0v) is 10.7. The van der Waals surface area contributed by atoms with Crippen LogP contribution in [0.1, 0.15) is 18.9 Å². The zero-order valence-electron chi connectivity index (χ0n) is 10.7. The molecule has 1 aromatic carbocycles. The maximum Gasteiger partial charge on any atom is 0.254 e. The average molecular weight is 263 g/mol. The second kappa shape index (κ2) is 4.30. The second-order valence-electron chi connectivity index (χ2n) is 5.43. The molecule has 5 heteroatoms. The van der Waals surface area contributed by atoms with E-state index in [1.54, 1.807) is 4.90 Å². The maximum atomic E-state index is 12.0. The summed E-state index contributed by atoms with van der Waals surface area (Å²) in [4.78, 5) is 13.6. The Balaban J connectivity index is 1.75. The van der Waals surface area contributed by atoms with E-state index < -0.39 is 18.0 Å². The summed E-state index contributed by atoms with van der Waals surface area (Å²) >= 11 is 0. The molecular formula is C14H17NO4. The smallest absolute Gasteiger partial charge is 0.254 e. The first-order chi connectivity index (χ1) is 8.98. The lowest BCUT2D eigenvalue weighted by Crippen LogP contribution is -2.74. The SMILES string of the molecule is C[C@]1(O)C[C@@H](O)[C@H]2[C@@H](O1)C(=O)N2Cc1ccccc1. The van der Waals surface area contributed by atoms with E-state index in [0.717, 1.165) is 5.56 Å². The van der Waals surface area contributed by atoms with Crippen molar-refractivity contribution in [2.45, 2.75) is 43.9 Å². The van der Waals surface area contributed by atoms with Gasteiger partial charge in [-0.15, -0.1) is 0 Å². The number of fused-ring (bicyclic) bond motifs is 1. The van der Waals surface area contributed by atoms with Crippen LogP contribution in [0, 0.1) is 0 Å². The maximum absolute atomic E-state index is 12.0. The Morgan fingerprint density at radius 1 is 1.42 bits per heavy atom. The Hall–Kier alpha value is -1.43. The topological polar surface area (TPSA) is 70.0 Å². The number of amides is 1. The number of carbonyl (C=O) groups excluding carboxylic acids is 1. The van der Waals surface area contributed by atoms with Gasteiger partial charge >= 0.3 is 0 Å². The van der Waals surface area contributed by atoms with Gasteiger partial charge in [-0.3, -0.25) is 4.79 Å². The molecule has 2 heterocycles. The van der Waals surface area contributed by atoms with E-state index in [-0.39, 0.29) is 18.4 Å². The lowest BCUT2D eigenvalue weighted by Gasteiger charge is -2.54. The van der Waals surface area contributed by atoms with Crippen LogP contribution in [0.5, 0.6) is 0 Å². The van der Waals surface area contributed by atoms with Crippen molar-refractivity contribution >= 4 is 5.91 Å². The fourth-order valence-electron chi connectivity index (χ4n) is 2.86. The van der Waals surface area contributed by atoms with Crippen LogP contribution in [0.25, 0.3) is 0 Å². The molecule has 102 valence electrons. The Kier molecular flexibility index (Phi) is 2.85. The number of carbonyl (C=O) groups is 1. The highest BCUT2D eigenvalue weighted by molar-refractivity contribution is 5.89. The quantitative estimate of drug-likeness (QED) is 0.751. The van der Waals surface area contributed by atoms with Crippen LogP contribution in [0.2, 0.25) is 0 Å². The molecule has 2 N–H and O–H groups in total. The Bertz CT molecular complexity index is 487. The van der Waals surface area contributed by atoms with Crippen LogP contribution in [0.15, 0.2) is 30.3 Å². The fraction of sp³-hybridized carbons (Fsp3) is 0.500. The molecule has 2 aliphatic heterocycles. The Morgan fingerprint density at radius 3 is 2.79 bits per heavy atom. The molecule has 1 amide bonds. The zero-order chi connectivity index (χ0) is 13.6. The van der Waals surface area contributed by atoms with Crippen LogP contribution in [-0.4, -0.2) is 45.1 Å². The monoisotopic (exact) mass is 263 g/mol. The van der Waals surface area contributed by atoms with Gasteiger partial charge in [-0.1, -0.05) is 30.3 Å². The van der Waals surface area contributed by atoms with Crippen LogP contribution in [0.4, 0.5) is 0 Å². The van der Waals surface area contributed by atoms with E-state index in [9.17, 15) is 15.0 Å². The molecule has 19 heavy (non-hydrogen) atoms. The third kappa shape index (κ3) is 2.14. The highest BCUT2D eigenvalue weighted by Gasteiger charge is 2.58. The lowest BCUT2D eigenvalue weighted by atomic mass is 9.85. The lowest BCUT2D eigenvalue weighted by molar-refractivity contribution is -0.299. The van der Waals surface area contributed by atoms with Gasteiger partial charge in [-0.25, -0.2) is 0 Å². The van der Waals surface area contributed by atoms with Gasteiger partial charge in [0.2, 0.25) is 0 Å².